The minimum Gasteiger partial charge on any atom is -0.490 e. The molecule has 0 fully saturated rings. The van der Waals surface area contributed by atoms with Gasteiger partial charge in [-0.25, -0.2) is 0 Å². The predicted molar refractivity (Wildman–Crippen MR) is 71.9 cm³/mol. The second-order valence-electron chi connectivity index (χ2n) is 4.11. The standard InChI is InChI=1S/C15H20O3/c1-2-3-4-5-12-18-14-9-6-13(7-10-14)8-11-15(16)17/h4-7,9-10H,2-3,8,11-12H2,1H3,(H,16,17)/b5-4+. The average Bonchev–Trinajstić information content (AvgIpc) is 2.37. The lowest BCUT2D eigenvalue weighted by Gasteiger charge is -2.04. The molecule has 0 heterocycles. The molecule has 1 N–H and O–H groups in total. The van der Waals surface area contributed by atoms with Crippen LogP contribution in [0, 0.1) is 0 Å². The van der Waals surface area contributed by atoms with E-state index >= 15 is 0 Å². The topological polar surface area (TPSA) is 46.5 Å². The van der Waals surface area contributed by atoms with Crippen molar-refractivity contribution in [3.63, 3.8) is 0 Å². The Kier molecular flexibility index (Phi) is 6.62. The Hall–Kier alpha value is -1.77. The molecule has 0 amide bonds. The van der Waals surface area contributed by atoms with Gasteiger partial charge in [0.25, 0.3) is 0 Å². The van der Waals surface area contributed by atoms with Crippen LogP contribution >= 0.6 is 0 Å². The summed E-state index contributed by atoms with van der Waals surface area (Å²) in [5.74, 6) is 0.0478. The molecule has 0 unspecified atom stereocenters. The summed E-state index contributed by atoms with van der Waals surface area (Å²) in [4.78, 5) is 10.4. The van der Waals surface area contributed by atoms with Crippen molar-refractivity contribution in [1.82, 2.24) is 0 Å². The van der Waals surface area contributed by atoms with Crippen LogP contribution in [0.1, 0.15) is 31.7 Å². The van der Waals surface area contributed by atoms with Crippen molar-refractivity contribution in [2.24, 2.45) is 0 Å². The molecule has 1 aromatic rings. The molecule has 1 rings (SSSR count). The van der Waals surface area contributed by atoms with Gasteiger partial charge in [0, 0.05) is 6.42 Å². The van der Waals surface area contributed by atoms with Crippen molar-refractivity contribution in [2.45, 2.75) is 32.6 Å². The first-order valence-electron chi connectivity index (χ1n) is 6.31. The molecule has 3 heteroatoms. The molecule has 0 saturated carbocycles. The number of hydrogen-bond acceptors (Lipinski definition) is 2. The Bertz CT molecular complexity index is 379. The van der Waals surface area contributed by atoms with Gasteiger partial charge in [0.05, 0.1) is 0 Å². The molecular weight excluding hydrogens is 228 g/mol. The summed E-state index contributed by atoms with van der Waals surface area (Å²) in [7, 11) is 0. The lowest BCUT2D eigenvalue weighted by atomic mass is 10.1. The highest BCUT2D eigenvalue weighted by Crippen LogP contribution is 2.13. The van der Waals surface area contributed by atoms with Crippen molar-refractivity contribution in [3.8, 4) is 5.75 Å². The molecule has 0 aliphatic rings. The van der Waals surface area contributed by atoms with E-state index in [1.807, 2.05) is 30.3 Å². The van der Waals surface area contributed by atoms with Gasteiger partial charge in [-0.2, -0.15) is 0 Å². The molecule has 0 aliphatic carbocycles. The van der Waals surface area contributed by atoms with E-state index in [1.54, 1.807) is 0 Å². The number of allylic oxidation sites excluding steroid dienone is 1. The Morgan fingerprint density at radius 1 is 1.28 bits per heavy atom. The number of aliphatic carboxylic acids is 1. The molecule has 0 aromatic heterocycles. The fourth-order valence-corrected chi connectivity index (χ4v) is 1.50. The number of carbonyl (C=O) groups is 1. The third kappa shape index (κ3) is 6.09. The van der Waals surface area contributed by atoms with Crippen molar-refractivity contribution >= 4 is 5.97 Å². The van der Waals surface area contributed by atoms with E-state index in [-0.39, 0.29) is 6.42 Å². The highest BCUT2D eigenvalue weighted by atomic mass is 16.5. The molecule has 0 spiro atoms. The van der Waals surface area contributed by atoms with Gasteiger partial charge in [0.2, 0.25) is 0 Å². The molecule has 0 atom stereocenters. The minimum absolute atomic E-state index is 0.167. The molecule has 0 radical (unpaired) electrons. The number of hydrogen-bond donors (Lipinski definition) is 1. The Labute approximate surface area is 108 Å². The zero-order valence-electron chi connectivity index (χ0n) is 10.8. The molecule has 3 nitrogen and oxygen atoms in total. The molecule has 18 heavy (non-hydrogen) atoms. The number of unbranched alkanes of at least 4 members (excludes halogenated alkanes) is 1. The fraction of sp³-hybridized carbons (Fsp3) is 0.400. The van der Waals surface area contributed by atoms with Crippen LogP contribution in [0.15, 0.2) is 36.4 Å². The highest BCUT2D eigenvalue weighted by molar-refractivity contribution is 5.67. The zero-order valence-corrected chi connectivity index (χ0v) is 10.8. The Morgan fingerprint density at radius 3 is 2.61 bits per heavy atom. The van der Waals surface area contributed by atoms with Crippen LogP contribution in [-0.2, 0) is 11.2 Å². The molecule has 0 saturated heterocycles. The van der Waals surface area contributed by atoms with E-state index in [1.165, 1.54) is 0 Å². The summed E-state index contributed by atoms with van der Waals surface area (Å²) in [6.45, 7) is 2.72. The van der Waals surface area contributed by atoms with Gasteiger partial charge < -0.3 is 9.84 Å². The first kappa shape index (κ1) is 14.3. The van der Waals surface area contributed by atoms with Gasteiger partial charge in [-0.15, -0.1) is 0 Å². The van der Waals surface area contributed by atoms with E-state index < -0.39 is 5.97 Å². The summed E-state index contributed by atoms with van der Waals surface area (Å²) in [6, 6.07) is 7.58. The maximum absolute atomic E-state index is 10.4. The van der Waals surface area contributed by atoms with E-state index in [0.29, 0.717) is 13.0 Å². The maximum atomic E-state index is 10.4. The largest absolute Gasteiger partial charge is 0.490 e. The Morgan fingerprint density at radius 2 is 2.00 bits per heavy atom. The summed E-state index contributed by atoms with van der Waals surface area (Å²) in [5.41, 5.74) is 1.02. The number of benzene rings is 1. The minimum atomic E-state index is -0.767. The Balaban J connectivity index is 2.33. The van der Waals surface area contributed by atoms with E-state index in [9.17, 15) is 4.79 Å². The number of aryl methyl sites for hydroxylation is 1. The number of rotatable bonds is 8. The SMILES string of the molecule is CCC/C=C/COc1ccc(CCC(=O)O)cc1. The van der Waals surface area contributed by atoms with Gasteiger partial charge in [0.1, 0.15) is 12.4 Å². The number of carboxylic acid groups (broad SMARTS) is 1. The van der Waals surface area contributed by atoms with Crippen LogP contribution in [0.25, 0.3) is 0 Å². The van der Waals surface area contributed by atoms with Crippen LogP contribution < -0.4 is 4.74 Å². The van der Waals surface area contributed by atoms with Crippen LogP contribution in [-0.4, -0.2) is 17.7 Å². The summed E-state index contributed by atoms with van der Waals surface area (Å²) < 4.78 is 5.53. The average molecular weight is 248 g/mol. The maximum Gasteiger partial charge on any atom is 0.303 e. The van der Waals surface area contributed by atoms with Crippen LogP contribution in [0.5, 0.6) is 5.75 Å². The van der Waals surface area contributed by atoms with Crippen molar-refractivity contribution in [2.75, 3.05) is 6.61 Å². The second-order valence-corrected chi connectivity index (χ2v) is 4.11. The normalized spacial score (nSPS) is 10.7. The monoisotopic (exact) mass is 248 g/mol. The lowest BCUT2D eigenvalue weighted by molar-refractivity contribution is -0.136. The molecule has 0 aliphatic heterocycles. The van der Waals surface area contributed by atoms with Gasteiger partial charge in [-0.05, 0) is 30.5 Å². The quantitative estimate of drug-likeness (QED) is 0.717. The van der Waals surface area contributed by atoms with Crippen molar-refractivity contribution < 1.29 is 14.6 Å². The zero-order chi connectivity index (χ0) is 13.2. The van der Waals surface area contributed by atoms with Crippen LogP contribution in [0.4, 0.5) is 0 Å². The summed E-state index contributed by atoms with van der Waals surface area (Å²) in [6.07, 6.45) is 7.08. The second kappa shape index (κ2) is 8.34. The highest BCUT2D eigenvalue weighted by Gasteiger charge is 1.99. The third-order valence-corrected chi connectivity index (χ3v) is 2.52. The van der Waals surface area contributed by atoms with Gasteiger partial charge in [-0.3, -0.25) is 4.79 Å². The van der Waals surface area contributed by atoms with Crippen molar-refractivity contribution in [3.05, 3.63) is 42.0 Å². The van der Waals surface area contributed by atoms with E-state index in [2.05, 4.69) is 13.0 Å². The first-order chi connectivity index (χ1) is 8.72. The first-order valence-corrected chi connectivity index (χ1v) is 6.31. The molecular formula is C15H20O3. The van der Waals surface area contributed by atoms with Gasteiger partial charge in [-0.1, -0.05) is 37.6 Å². The van der Waals surface area contributed by atoms with Crippen molar-refractivity contribution in [1.29, 1.82) is 0 Å². The summed E-state index contributed by atoms with van der Waals surface area (Å²) in [5, 5.41) is 8.58. The van der Waals surface area contributed by atoms with Crippen LogP contribution in [0.2, 0.25) is 0 Å². The summed E-state index contributed by atoms with van der Waals surface area (Å²) >= 11 is 0. The van der Waals surface area contributed by atoms with Crippen LogP contribution in [0.3, 0.4) is 0 Å². The number of ether oxygens (including phenoxy) is 1. The van der Waals surface area contributed by atoms with Gasteiger partial charge >= 0.3 is 5.97 Å². The van der Waals surface area contributed by atoms with Gasteiger partial charge in [0.15, 0.2) is 0 Å². The molecule has 1 aromatic carbocycles. The number of carboxylic acids is 1. The predicted octanol–water partition coefficient (Wildman–Crippen LogP) is 3.44. The smallest absolute Gasteiger partial charge is 0.303 e. The third-order valence-electron chi connectivity index (χ3n) is 2.52. The van der Waals surface area contributed by atoms with E-state index in [0.717, 1.165) is 24.2 Å². The lowest BCUT2D eigenvalue weighted by Crippen LogP contribution is -1.98. The molecule has 0 bridgehead atoms. The van der Waals surface area contributed by atoms with E-state index in [4.69, 9.17) is 9.84 Å². The molecule has 98 valence electrons. The fourth-order valence-electron chi connectivity index (χ4n) is 1.50.